The van der Waals surface area contributed by atoms with Crippen molar-refractivity contribution in [1.29, 1.82) is 0 Å². The van der Waals surface area contributed by atoms with Gasteiger partial charge in [0.25, 0.3) is 11.8 Å². The van der Waals surface area contributed by atoms with Crippen molar-refractivity contribution in [2.45, 2.75) is 25.4 Å². The van der Waals surface area contributed by atoms with E-state index in [1.165, 1.54) is 0 Å². The SMILES string of the molecule is O=C1CCC(N2C(=O)c3ccc(CNc4nc(Cl)cc(N5CCNCC5)n4)cc3C2=O)C(=O)N1. The summed E-state index contributed by atoms with van der Waals surface area (Å²) in [5.74, 6) is -1.03. The van der Waals surface area contributed by atoms with Gasteiger partial charge in [-0.2, -0.15) is 4.98 Å². The molecular formula is C22H22ClN7O4. The van der Waals surface area contributed by atoms with Gasteiger partial charge in [-0.1, -0.05) is 17.7 Å². The number of aromatic nitrogens is 2. The number of amides is 4. The molecule has 0 spiro atoms. The van der Waals surface area contributed by atoms with Crippen molar-refractivity contribution in [2.75, 3.05) is 36.4 Å². The van der Waals surface area contributed by atoms with Gasteiger partial charge in [0, 0.05) is 45.2 Å². The quantitative estimate of drug-likeness (QED) is 0.411. The summed E-state index contributed by atoms with van der Waals surface area (Å²) >= 11 is 6.20. The molecule has 0 bridgehead atoms. The summed E-state index contributed by atoms with van der Waals surface area (Å²) in [6.07, 6.45) is 0.195. The van der Waals surface area contributed by atoms with E-state index in [4.69, 9.17) is 11.6 Å². The molecule has 2 saturated heterocycles. The van der Waals surface area contributed by atoms with Crippen LogP contribution in [0.25, 0.3) is 0 Å². The van der Waals surface area contributed by atoms with Crippen molar-refractivity contribution in [3.05, 3.63) is 46.1 Å². The number of benzene rings is 1. The van der Waals surface area contributed by atoms with Crippen LogP contribution in [0.4, 0.5) is 11.8 Å². The van der Waals surface area contributed by atoms with Gasteiger partial charge in [-0.3, -0.25) is 29.4 Å². The van der Waals surface area contributed by atoms with Crippen LogP contribution in [0.3, 0.4) is 0 Å². The van der Waals surface area contributed by atoms with Crippen LogP contribution >= 0.6 is 11.6 Å². The Balaban J connectivity index is 1.31. The predicted molar refractivity (Wildman–Crippen MR) is 123 cm³/mol. The summed E-state index contributed by atoms with van der Waals surface area (Å²) in [6, 6.07) is 5.66. The third-order valence-corrected chi connectivity index (χ3v) is 6.27. The molecule has 1 aromatic carbocycles. The van der Waals surface area contributed by atoms with Crippen molar-refractivity contribution >= 4 is 47.0 Å². The third-order valence-electron chi connectivity index (χ3n) is 6.08. The Kier molecular flexibility index (Phi) is 5.88. The Bertz CT molecular complexity index is 1200. The molecule has 1 unspecified atom stereocenters. The van der Waals surface area contributed by atoms with Crippen LogP contribution in [0.1, 0.15) is 39.1 Å². The number of hydrogen-bond acceptors (Lipinski definition) is 9. The lowest BCUT2D eigenvalue weighted by molar-refractivity contribution is -0.136. The van der Waals surface area contributed by atoms with Crippen molar-refractivity contribution in [2.24, 2.45) is 0 Å². The largest absolute Gasteiger partial charge is 0.354 e. The lowest BCUT2D eigenvalue weighted by atomic mass is 10.0. The van der Waals surface area contributed by atoms with E-state index in [9.17, 15) is 19.2 Å². The second kappa shape index (κ2) is 8.99. The van der Waals surface area contributed by atoms with E-state index in [0.29, 0.717) is 17.6 Å². The van der Waals surface area contributed by atoms with Crippen molar-refractivity contribution in [3.63, 3.8) is 0 Å². The maximum atomic E-state index is 13.0. The molecule has 3 aliphatic rings. The van der Waals surface area contributed by atoms with Crippen LogP contribution in [-0.2, 0) is 16.1 Å². The highest BCUT2D eigenvalue weighted by Gasteiger charge is 2.44. The number of anilines is 2. The Hall–Kier alpha value is -3.57. The summed E-state index contributed by atoms with van der Waals surface area (Å²) in [5.41, 5.74) is 1.19. The van der Waals surface area contributed by atoms with Crippen molar-refractivity contribution in [1.82, 2.24) is 25.5 Å². The lowest BCUT2D eigenvalue weighted by Crippen LogP contribution is -2.54. The molecule has 4 amide bonds. The van der Waals surface area contributed by atoms with Gasteiger partial charge in [-0.15, -0.1) is 0 Å². The Morgan fingerprint density at radius 1 is 1.03 bits per heavy atom. The number of imide groups is 2. The van der Waals surface area contributed by atoms with E-state index in [1.807, 2.05) is 0 Å². The number of rotatable bonds is 5. The molecule has 1 atom stereocenters. The molecule has 5 rings (SSSR count). The average Bonchev–Trinajstić information content (AvgIpc) is 3.07. The fourth-order valence-corrected chi connectivity index (χ4v) is 4.53. The van der Waals surface area contributed by atoms with Gasteiger partial charge in [0.05, 0.1) is 11.1 Å². The van der Waals surface area contributed by atoms with E-state index in [1.54, 1.807) is 24.3 Å². The number of piperidine rings is 1. The van der Waals surface area contributed by atoms with Crippen LogP contribution in [0.5, 0.6) is 0 Å². The van der Waals surface area contributed by atoms with E-state index < -0.39 is 29.7 Å². The van der Waals surface area contributed by atoms with Gasteiger partial charge in [0.1, 0.15) is 17.0 Å². The summed E-state index contributed by atoms with van der Waals surface area (Å²) in [6.45, 7) is 3.66. The Labute approximate surface area is 199 Å². The molecule has 0 aliphatic carbocycles. The van der Waals surface area contributed by atoms with Gasteiger partial charge >= 0.3 is 0 Å². The zero-order valence-corrected chi connectivity index (χ0v) is 18.9. The first kappa shape index (κ1) is 22.2. The number of hydrogen-bond donors (Lipinski definition) is 3. The standard InChI is InChI=1S/C22H22ClN7O4/c23-16-10-17(29-7-5-24-6-8-29)27-22(26-16)25-11-12-1-2-13-14(9-12)21(34)30(20(13)33)15-3-4-18(31)28-19(15)32/h1-2,9-10,15,24H,3-8,11H2,(H,25,26,27)(H,28,31,32). The number of nitrogens with one attached hydrogen (secondary N) is 3. The van der Waals surface area contributed by atoms with Gasteiger partial charge in [0.2, 0.25) is 17.8 Å². The lowest BCUT2D eigenvalue weighted by Gasteiger charge is -2.28. The minimum atomic E-state index is -0.991. The first-order valence-electron chi connectivity index (χ1n) is 11.0. The molecule has 2 aromatic rings. The van der Waals surface area contributed by atoms with E-state index in [-0.39, 0.29) is 24.0 Å². The number of carbonyl (C=O) groups excluding carboxylic acids is 4. The molecule has 176 valence electrons. The number of nitrogens with zero attached hydrogens (tertiary/aromatic N) is 4. The van der Waals surface area contributed by atoms with Gasteiger partial charge in [-0.25, -0.2) is 4.98 Å². The van der Waals surface area contributed by atoms with E-state index >= 15 is 0 Å². The number of fused-ring (bicyclic) bond motifs is 1. The molecule has 2 fully saturated rings. The molecule has 4 heterocycles. The zero-order chi connectivity index (χ0) is 23.8. The fraction of sp³-hybridized carbons (Fsp3) is 0.364. The normalized spacial score (nSPS) is 20.4. The Morgan fingerprint density at radius 3 is 2.56 bits per heavy atom. The molecular weight excluding hydrogens is 462 g/mol. The molecule has 1 aromatic heterocycles. The maximum absolute atomic E-state index is 13.0. The smallest absolute Gasteiger partial charge is 0.262 e. The van der Waals surface area contributed by atoms with Crippen LogP contribution in [0.2, 0.25) is 5.15 Å². The minimum absolute atomic E-state index is 0.0779. The Morgan fingerprint density at radius 2 is 1.79 bits per heavy atom. The number of carbonyl (C=O) groups is 4. The monoisotopic (exact) mass is 483 g/mol. The third kappa shape index (κ3) is 4.19. The summed E-state index contributed by atoms with van der Waals surface area (Å²) < 4.78 is 0. The highest BCUT2D eigenvalue weighted by Crippen LogP contribution is 2.28. The van der Waals surface area contributed by atoms with Gasteiger partial charge in [0.15, 0.2) is 0 Å². The highest BCUT2D eigenvalue weighted by molar-refractivity contribution is 6.29. The molecule has 11 nitrogen and oxygen atoms in total. The topological polar surface area (TPSA) is 137 Å². The van der Waals surface area contributed by atoms with Crippen LogP contribution in [-0.4, -0.2) is 70.7 Å². The van der Waals surface area contributed by atoms with Crippen molar-refractivity contribution in [3.8, 4) is 0 Å². The molecule has 34 heavy (non-hydrogen) atoms. The van der Waals surface area contributed by atoms with Gasteiger partial charge < -0.3 is 15.5 Å². The zero-order valence-electron chi connectivity index (χ0n) is 18.1. The minimum Gasteiger partial charge on any atom is -0.354 e. The first-order chi connectivity index (χ1) is 16.4. The van der Waals surface area contributed by atoms with E-state index in [0.717, 1.165) is 42.5 Å². The molecule has 3 N–H and O–H groups in total. The first-order valence-corrected chi connectivity index (χ1v) is 11.4. The summed E-state index contributed by atoms with van der Waals surface area (Å²) in [5, 5.41) is 8.93. The molecule has 12 heteroatoms. The second-order valence-electron chi connectivity index (χ2n) is 8.29. The van der Waals surface area contributed by atoms with Crippen molar-refractivity contribution < 1.29 is 19.2 Å². The van der Waals surface area contributed by atoms with Gasteiger partial charge in [-0.05, 0) is 24.1 Å². The second-order valence-corrected chi connectivity index (χ2v) is 8.68. The highest BCUT2D eigenvalue weighted by atomic mass is 35.5. The summed E-state index contributed by atoms with van der Waals surface area (Å²) in [4.78, 5) is 61.3. The molecule has 0 radical (unpaired) electrons. The number of halogens is 1. The van der Waals surface area contributed by atoms with Crippen LogP contribution in [0.15, 0.2) is 24.3 Å². The maximum Gasteiger partial charge on any atom is 0.262 e. The van der Waals surface area contributed by atoms with Crippen LogP contribution < -0.4 is 20.9 Å². The van der Waals surface area contributed by atoms with E-state index in [2.05, 4.69) is 30.8 Å². The molecule has 0 saturated carbocycles. The van der Waals surface area contributed by atoms with Crippen LogP contribution in [0, 0.1) is 0 Å². The number of piperazine rings is 1. The summed E-state index contributed by atoms with van der Waals surface area (Å²) in [7, 11) is 0. The predicted octanol–water partition coefficient (Wildman–Crippen LogP) is 0.553. The molecule has 3 aliphatic heterocycles. The average molecular weight is 484 g/mol. The fourth-order valence-electron chi connectivity index (χ4n) is 4.35.